The van der Waals surface area contributed by atoms with Crippen LogP contribution >= 0.6 is 0 Å². The lowest BCUT2D eigenvalue weighted by Crippen LogP contribution is -2.64. The molecule has 0 aromatic heterocycles. The standard InChI is InChI=1S/C23H30N4O3/c1-3-4-5-6-7-8-12-15-26-21(28)19-20(25(2)23(26)29)24-22-27(19)16-18(30-22)17-13-10-9-11-14-17/h9-11,13-14,16,19-20H,3-8,12,15H2,1-2H3. The fourth-order valence-corrected chi connectivity index (χ4v) is 4.25. The van der Waals surface area contributed by atoms with Gasteiger partial charge in [0, 0.05) is 19.2 Å². The summed E-state index contributed by atoms with van der Waals surface area (Å²) in [6.45, 7) is 2.66. The number of urea groups is 1. The minimum atomic E-state index is -0.562. The van der Waals surface area contributed by atoms with Crippen LogP contribution in [0.5, 0.6) is 0 Å². The van der Waals surface area contributed by atoms with Crippen molar-refractivity contribution in [2.24, 2.45) is 4.99 Å². The number of aliphatic imine (C=N–C) groups is 1. The van der Waals surface area contributed by atoms with Crippen LogP contribution in [0.3, 0.4) is 0 Å². The van der Waals surface area contributed by atoms with Gasteiger partial charge in [0.25, 0.3) is 11.9 Å². The maximum atomic E-state index is 13.2. The minimum Gasteiger partial charge on any atom is -0.423 e. The van der Waals surface area contributed by atoms with Crippen molar-refractivity contribution >= 4 is 23.7 Å². The maximum Gasteiger partial charge on any atom is 0.328 e. The molecule has 1 aromatic carbocycles. The number of nitrogens with zero attached hydrogens (tertiary/aromatic N) is 4. The van der Waals surface area contributed by atoms with Gasteiger partial charge >= 0.3 is 6.03 Å². The van der Waals surface area contributed by atoms with Gasteiger partial charge in [-0.3, -0.25) is 14.6 Å². The molecule has 4 rings (SSSR count). The molecule has 160 valence electrons. The van der Waals surface area contributed by atoms with Gasteiger partial charge in [0.15, 0.2) is 18.0 Å². The zero-order valence-electron chi connectivity index (χ0n) is 17.8. The lowest BCUT2D eigenvalue weighted by molar-refractivity contribution is -0.136. The molecule has 1 aromatic rings. The molecule has 3 amide bonds. The first-order chi connectivity index (χ1) is 14.6. The lowest BCUT2D eigenvalue weighted by Gasteiger charge is -2.39. The summed E-state index contributed by atoms with van der Waals surface area (Å²) in [6.07, 6.45) is 9.28. The molecule has 0 aliphatic carbocycles. The Morgan fingerprint density at radius 3 is 2.43 bits per heavy atom. The fourth-order valence-electron chi connectivity index (χ4n) is 4.25. The van der Waals surface area contributed by atoms with Crippen molar-refractivity contribution in [2.45, 2.75) is 64.1 Å². The van der Waals surface area contributed by atoms with Crippen molar-refractivity contribution < 1.29 is 14.3 Å². The second-order valence-electron chi connectivity index (χ2n) is 8.14. The third-order valence-corrected chi connectivity index (χ3v) is 6.00. The number of amides is 3. The molecule has 30 heavy (non-hydrogen) atoms. The molecule has 3 aliphatic rings. The minimum absolute atomic E-state index is 0.193. The van der Waals surface area contributed by atoms with Crippen LogP contribution in [0.2, 0.25) is 0 Å². The molecule has 0 radical (unpaired) electrons. The van der Waals surface area contributed by atoms with E-state index < -0.39 is 12.2 Å². The van der Waals surface area contributed by atoms with E-state index in [4.69, 9.17) is 4.74 Å². The van der Waals surface area contributed by atoms with Crippen molar-refractivity contribution in [1.29, 1.82) is 0 Å². The second kappa shape index (κ2) is 8.90. The number of likely N-dealkylation sites (N-methyl/N-ethyl adjacent to an activating group) is 1. The van der Waals surface area contributed by atoms with Gasteiger partial charge in [0.05, 0.1) is 6.20 Å². The number of benzene rings is 1. The first kappa shape index (κ1) is 20.4. The van der Waals surface area contributed by atoms with E-state index in [1.165, 1.54) is 30.6 Å². The van der Waals surface area contributed by atoms with Gasteiger partial charge in [0.2, 0.25) is 0 Å². The normalized spacial score (nSPS) is 22.7. The summed E-state index contributed by atoms with van der Waals surface area (Å²) in [5, 5.41) is 0. The number of carbonyl (C=O) groups is 2. The molecule has 1 saturated heterocycles. The highest BCUT2D eigenvalue weighted by Crippen LogP contribution is 2.35. The van der Waals surface area contributed by atoms with E-state index in [1.807, 2.05) is 36.5 Å². The number of rotatable bonds is 9. The summed E-state index contributed by atoms with van der Waals surface area (Å²) >= 11 is 0. The zero-order chi connectivity index (χ0) is 21.1. The van der Waals surface area contributed by atoms with Crippen LogP contribution in [-0.2, 0) is 9.53 Å². The summed E-state index contributed by atoms with van der Waals surface area (Å²) in [7, 11) is 1.71. The second-order valence-corrected chi connectivity index (χ2v) is 8.14. The Balaban J connectivity index is 1.41. The van der Waals surface area contributed by atoms with Gasteiger partial charge in [-0.1, -0.05) is 75.8 Å². The predicted molar refractivity (Wildman–Crippen MR) is 115 cm³/mol. The Morgan fingerprint density at radius 2 is 1.70 bits per heavy atom. The first-order valence-corrected chi connectivity index (χ1v) is 11.0. The largest absolute Gasteiger partial charge is 0.423 e. The molecule has 1 fully saturated rings. The van der Waals surface area contributed by atoms with E-state index in [2.05, 4.69) is 11.9 Å². The van der Waals surface area contributed by atoms with Crippen molar-refractivity contribution in [2.75, 3.05) is 13.6 Å². The van der Waals surface area contributed by atoms with Crippen LogP contribution in [0.25, 0.3) is 5.76 Å². The van der Waals surface area contributed by atoms with Gasteiger partial charge in [-0.15, -0.1) is 0 Å². The highest BCUT2D eigenvalue weighted by molar-refractivity contribution is 6.04. The van der Waals surface area contributed by atoms with Gasteiger partial charge < -0.3 is 9.64 Å². The summed E-state index contributed by atoms with van der Waals surface area (Å²) in [5.41, 5.74) is 0.929. The highest BCUT2D eigenvalue weighted by atomic mass is 16.5. The topological polar surface area (TPSA) is 65.5 Å². The number of fused-ring (bicyclic) bond motifs is 3. The van der Waals surface area contributed by atoms with Crippen LogP contribution in [0, 0.1) is 0 Å². The van der Waals surface area contributed by atoms with Gasteiger partial charge in [-0.2, -0.15) is 0 Å². The van der Waals surface area contributed by atoms with E-state index in [-0.39, 0.29) is 11.9 Å². The number of hydrogen-bond acceptors (Lipinski definition) is 5. The molecule has 3 aliphatic heterocycles. The van der Waals surface area contributed by atoms with E-state index in [0.29, 0.717) is 18.3 Å². The molecule has 0 spiro atoms. The third-order valence-electron chi connectivity index (χ3n) is 6.00. The zero-order valence-corrected chi connectivity index (χ0v) is 17.8. The number of hydrogen-bond donors (Lipinski definition) is 0. The average Bonchev–Trinajstić information content (AvgIpc) is 3.32. The van der Waals surface area contributed by atoms with Crippen LogP contribution in [0.15, 0.2) is 41.5 Å². The maximum absolute atomic E-state index is 13.2. The van der Waals surface area contributed by atoms with Crippen LogP contribution < -0.4 is 0 Å². The molecule has 7 nitrogen and oxygen atoms in total. The number of imide groups is 1. The highest BCUT2D eigenvalue weighted by Gasteiger charge is 2.53. The Hall–Kier alpha value is -2.83. The molecule has 0 N–H and O–H groups in total. The van der Waals surface area contributed by atoms with Crippen molar-refractivity contribution in [3.63, 3.8) is 0 Å². The Kier molecular flexibility index (Phi) is 6.06. The fraction of sp³-hybridized carbons (Fsp3) is 0.522. The van der Waals surface area contributed by atoms with Crippen molar-refractivity contribution in [3.8, 4) is 0 Å². The molecule has 0 bridgehead atoms. The van der Waals surface area contributed by atoms with Crippen LogP contribution in [0.1, 0.15) is 57.4 Å². The van der Waals surface area contributed by atoms with E-state index >= 15 is 0 Å². The van der Waals surface area contributed by atoms with Gasteiger partial charge in [0.1, 0.15) is 0 Å². The third kappa shape index (κ3) is 3.80. The summed E-state index contributed by atoms with van der Waals surface area (Å²) in [5.74, 6) is 0.473. The van der Waals surface area contributed by atoms with E-state index in [1.54, 1.807) is 16.8 Å². The van der Waals surface area contributed by atoms with Crippen molar-refractivity contribution in [3.05, 3.63) is 42.1 Å². The number of carbonyl (C=O) groups excluding carboxylic acids is 2. The molecular weight excluding hydrogens is 380 g/mol. The molecule has 2 atom stereocenters. The quantitative estimate of drug-likeness (QED) is 0.577. The average molecular weight is 411 g/mol. The lowest BCUT2D eigenvalue weighted by atomic mass is 10.1. The van der Waals surface area contributed by atoms with E-state index in [9.17, 15) is 9.59 Å². The molecule has 7 heteroatoms. The van der Waals surface area contributed by atoms with Crippen LogP contribution in [-0.4, -0.2) is 58.5 Å². The molecule has 2 unspecified atom stereocenters. The smallest absolute Gasteiger partial charge is 0.328 e. The Labute approximate surface area is 178 Å². The number of amidine groups is 1. The summed E-state index contributed by atoms with van der Waals surface area (Å²) in [6, 6.07) is 9.29. The first-order valence-electron chi connectivity index (χ1n) is 11.0. The number of ether oxygens (including phenoxy) is 1. The molecule has 3 heterocycles. The summed E-state index contributed by atoms with van der Waals surface area (Å²) in [4.78, 5) is 35.3. The summed E-state index contributed by atoms with van der Waals surface area (Å²) < 4.78 is 5.90. The van der Waals surface area contributed by atoms with Gasteiger partial charge in [-0.25, -0.2) is 9.79 Å². The van der Waals surface area contributed by atoms with Gasteiger partial charge in [-0.05, 0) is 6.42 Å². The molecule has 0 saturated carbocycles. The SMILES string of the molecule is CCCCCCCCCN1C(=O)C2C(N=C3OC(c4ccccc4)=CN32)N(C)C1=O. The Morgan fingerprint density at radius 1 is 1.00 bits per heavy atom. The number of unbranched alkanes of at least 4 members (excludes halogenated alkanes) is 6. The van der Waals surface area contributed by atoms with Crippen molar-refractivity contribution in [1.82, 2.24) is 14.7 Å². The molecular formula is C23H30N4O3. The predicted octanol–water partition coefficient (Wildman–Crippen LogP) is 4.03. The van der Waals surface area contributed by atoms with E-state index in [0.717, 1.165) is 24.8 Å². The van der Waals surface area contributed by atoms with Crippen LogP contribution in [0.4, 0.5) is 4.79 Å². The monoisotopic (exact) mass is 410 g/mol. The Bertz CT molecular complexity index is 851.